The van der Waals surface area contributed by atoms with Crippen LogP contribution in [0.5, 0.6) is 5.75 Å². The molecule has 0 bridgehead atoms. The minimum Gasteiger partial charge on any atom is -0.496 e. The van der Waals surface area contributed by atoms with Gasteiger partial charge in [-0.05, 0) is 19.1 Å². The Morgan fingerprint density at radius 2 is 1.73 bits per heavy atom. The van der Waals surface area contributed by atoms with Crippen LogP contribution in [0.4, 0.5) is 0 Å². The molecule has 0 spiro atoms. The molecular formula is C17H23N3O6. The third kappa shape index (κ3) is 7.65. The molecule has 0 unspecified atom stereocenters. The highest BCUT2D eigenvalue weighted by Crippen LogP contribution is 2.16. The van der Waals surface area contributed by atoms with E-state index in [9.17, 15) is 19.2 Å². The molecule has 1 aromatic rings. The van der Waals surface area contributed by atoms with Crippen molar-refractivity contribution in [1.29, 1.82) is 0 Å². The maximum atomic E-state index is 12.0. The molecule has 1 rings (SSSR count). The highest BCUT2D eigenvalue weighted by Gasteiger charge is 2.13. The molecule has 142 valence electrons. The highest BCUT2D eigenvalue weighted by molar-refractivity contribution is 5.97. The molecule has 0 aliphatic heterocycles. The fourth-order valence-electron chi connectivity index (χ4n) is 1.91. The zero-order valence-electron chi connectivity index (χ0n) is 14.8. The summed E-state index contributed by atoms with van der Waals surface area (Å²) in [4.78, 5) is 46.2. The van der Waals surface area contributed by atoms with E-state index in [2.05, 4.69) is 16.0 Å². The van der Waals surface area contributed by atoms with Crippen molar-refractivity contribution in [3.63, 3.8) is 0 Å². The first-order valence-corrected chi connectivity index (χ1v) is 8.08. The smallest absolute Gasteiger partial charge is 0.308 e. The molecule has 0 radical (unpaired) electrons. The molecule has 0 saturated carbocycles. The van der Waals surface area contributed by atoms with E-state index in [1.54, 1.807) is 31.2 Å². The topological polar surface area (TPSA) is 123 Å². The molecule has 9 nitrogen and oxygen atoms in total. The van der Waals surface area contributed by atoms with E-state index in [0.29, 0.717) is 17.9 Å². The van der Waals surface area contributed by atoms with Gasteiger partial charge < -0.3 is 25.4 Å². The van der Waals surface area contributed by atoms with Crippen LogP contribution >= 0.6 is 0 Å². The second-order valence-corrected chi connectivity index (χ2v) is 5.10. The number of hydrogen-bond donors (Lipinski definition) is 3. The lowest BCUT2D eigenvalue weighted by molar-refractivity contribution is -0.148. The summed E-state index contributed by atoms with van der Waals surface area (Å²) < 4.78 is 9.86. The second kappa shape index (κ2) is 11.5. The first kappa shape index (κ1) is 20.9. The lowest BCUT2D eigenvalue weighted by Crippen LogP contribution is -2.38. The number of ether oxygens (including phenoxy) is 2. The summed E-state index contributed by atoms with van der Waals surface area (Å²) in [5, 5.41) is 7.41. The molecule has 9 heteroatoms. The Labute approximate surface area is 151 Å². The van der Waals surface area contributed by atoms with Crippen LogP contribution in [-0.2, 0) is 19.1 Å². The van der Waals surface area contributed by atoms with Gasteiger partial charge >= 0.3 is 5.97 Å². The van der Waals surface area contributed by atoms with Gasteiger partial charge in [0.05, 0.1) is 25.6 Å². The van der Waals surface area contributed by atoms with Gasteiger partial charge in [0.2, 0.25) is 5.91 Å². The Kier molecular flexibility index (Phi) is 9.23. The van der Waals surface area contributed by atoms with Crippen LogP contribution < -0.4 is 20.7 Å². The van der Waals surface area contributed by atoms with E-state index in [0.717, 1.165) is 0 Å². The first-order chi connectivity index (χ1) is 12.5. The van der Waals surface area contributed by atoms with Crippen LogP contribution in [0.3, 0.4) is 0 Å². The molecule has 0 heterocycles. The summed E-state index contributed by atoms with van der Waals surface area (Å²) in [5.74, 6) is -1.50. The van der Waals surface area contributed by atoms with E-state index in [1.165, 1.54) is 7.11 Å². The number of methoxy groups -OCH3 is 1. The van der Waals surface area contributed by atoms with Crippen LogP contribution in [-0.4, -0.2) is 57.0 Å². The van der Waals surface area contributed by atoms with Gasteiger partial charge in [-0.2, -0.15) is 0 Å². The number of nitrogens with one attached hydrogen (secondary N) is 3. The fourth-order valence-corrected chi connectivity index (χ4v) is 1.91. The van der Waals surface area contributed by atoms with Gasteiger partial charge in [-0.1, -0.05) is 12.1 Å². The van der Waals surface area contributed by atoms with E-state index < -0.39 is 18.5 Å². The number of esters is 1. The summed E-state index contributed by atoms with van der Waals surface area (Å²) in [6.07, 6.45) is -0.0928. The van der Waals surface area contributed by atoms with Crippen molar-refractivity contribution in [3.8, 4) is 5.75 Å². The van der Waals surface area contributed by atoms with Crippen LogP contribution in [0.1, 0.15) is 23.7 Å². The van der Waals surface area contributed by atoms with Gasteiger partial charge in [0.25, 0.3) is 11.8 Å². The zero-order valence-corrected chi connectivity index (χ0v) is 14.8. The average Bonchev–Trinajstić information content (AvgIpc) is 2.64. The van der Waals surface area contributed by atoms with E-state index >= 15 is 0 Å². The first-order valence-electron chi connectivity index (χ1n) is 8.08. The molecule has 0 fully saturated rings. The van der Waals surface area contributed by atoms with Gasteiger partial charge in [-0.25, -0.2) is 0 Å². The Morgan fingerprint density at radius 3 is 2.42 bits per heavy atom. The number of carbonyl (C=O) groups is 4. The summed E-state index contributed by atoms with van der Waals surface area (Å²) in [5.41, 5.74) is 0.355. The molecule has 3 amide bonds. The maximum absolute atomic E-state index is 12.0. The quantitative estimate of drug-likeness (QED) is 0.485. The molecule has 0 aromatic heterocycles. The number of hydrogen-bond acceptors (Lipinski definition) is 6. The van der Waals surface area contributed by atoms with Gasteiger partial charge in [0.1, 0.15) is 5.75 Å². The number of benzene rings is 1. The SMILES string of the molecule is CCNC(=O)CNC(=O)COC(=O)CCNC(=O)c1ccccc1OC. The monoisotopic (exact) mass is 365 g/mol. The molecule has 0 aliphatic carbocycles. The minimum absolute atomic E-state index is 0.0518. The van der Waals surface area contributed by atoms with Crippen LogP contribution in [0.25, 0.3) is 0 Å². The van der Waals surface area contributed by atoms with E-state index in [4.69, 9.17) is 9.47 Å². The van der Waals surface area contributed by atoms with Gasteiger partial charge in [0.15, 0.2) is 6.61 Å². The third-order valence-electron chi connectivity index (χ3n) is 3.15. The van der Waals surface area contributed by atoms with E-state index in [1.807, 2.05) is 0 Å². The number of amides is 3. The molecular weight excluding hydrogens is 342 g/mol. The summed E-state index contributed by atoms with van der Waals surface area (Å²) in [6, 6.07) is 6.70. The summed E-state index contributed by atoms with van der Waals surface area (Å²) >= 11 is 0. The molecule has 0 atom stereocenters. The minimum atomic E-state index is -0.640. The van der Waals surface area contributed by atoms with Crippen molar-refractivity contribution < 1.29 is 28.7 Å². The second-order valence-electron chi connectivity index (χ2n) is 5.10. The van der Waals surface area contributed by atoms with Crippen LogP contribution in [0.2, 0.25) is 0 Å². The molecule has 0 saturated heterocycles. The van der Waals surface area contributed by atoms with Crippen molar-refractivity contribution in [2.45, 2.75) is 13.3 Å². The molecule has 26 heavy (non-hydrogen) atoms. The predicted octanol–water partition coefficient (Wildman–Crippen LogP) is -0.389. The number of para-hydroxylation sites is 1. The standard InChI is InChI=1S/C17H23N3O6/c1-3-18-14(21)10-20-15(22)11-26-16(23)8-9-19-17(24)12-6-4-5-7-13(12)25-2/h4-7H,3,8-11H2,1-2H3,(H,18,21)(H,19,24)(H,20,22). The third-order valence-corrected chi connectivity index (χ3v) is 3.15. The maximum Gasteiger partial charge on any atom is 0.308 e. The highest BCUT2D eigenvalue weighted by atomic mass is 16.5. The average molecular weight is 365 g/mol. The van der Waals surface area contributed by atoms with Crippen molar-refractivity contribution in [3.05, 3.63) is 29.8 Å². The van der Waals surface area contributed by atoms with Gasteiger partial charge in [-0.15, -0.1) is 0 Å². The lowest BCUT2D eigenvalue weighted by atomic mass is 10.2. The molecule has 3 N–H and O–H groups in total. The Hall–Kier alpha value is -3.10. The Balaban J connectivity index is 2.25. The van der Waals surface area contributed by atoms with Crippen molar-refractivity contribution in [1.82, 2.24) is 16.0 Å². The van der Waals surface area contributed by atoms with Crippen molar-refractivity contribution >= 4 is 23.7 Å². The fraction of sp³-hybridized carbons (Fsp3) is 0.412. The predicted molar refractivity (Wildman–Crippen MR) is 92.6 cm³/mol. The molecule has 0 aliphatic rings. The van der Waals surface area contributed by atoms with Crippen LogP contribution in [0, 0.1) is 0 Å². The molecule has 1 aromatic carbocycles. The normalized spacial score (nSPS) is 9.77. The Morgan fingerprint density at radius 1 is 1.00 bits per heavy atom. The Bertz CT molecular complexity index is 647. The van der Waals surface area contributed by atoms with Crippen molar-refractivity contribution in [2.75, 3.05) is 33.4 Å². The summed E-state index contributed by atoms with van der Waals surface area (Å²) in [7, 11) is 1.46. The summed E-state index contributed by atoms with van der Waals surface area (Å²) in [6.45, 7) is 1.60. The van der Waals surface area contributed by atoms with Gasteiger partial charge in [-0.3, -0.25) is 19.2 Å². The van der Waals surface area contributed by atoms with Crippen molar-refractivity contribution in [2.24, 2.45) is 0 Å². The van der Waals surface area contributed by atoms with Crippen LogP contribution in [0.15, 0.2) is 24.3 Å². The van der Waals surface area contributed by atoms with Gasteiger partial charge in [0, 0.05) is 13.1 Å². The van der Waals surface area contributed by atoms with E-state index in [-0.39, 0.29) is 31.3 Å². The number of carbonyl (C=O) groups excluding carboxylic acids is 4. The number of likely N-dealkylation sites (N-methyl/N-ethyl adjacent to an activating group) is 1. The lowest BCUT2D eigenvalue weighted by Gasteiger charge is -2.09. The zero-order chi connectivity index (χ0) is 19.4. The largest absolute Gasteiger partial charge is 0.496 e. The number of rotatable bonds is 10.